The summed E-state index contributed by atoms with van der Waals surface area (Å²) in [7, 11) is 1.57. The summed E-state index contributed by atoms with van der Waals surface area (Å²) < 4.78 is 30.3. The number of nitrogens with zero attached hydrogens (tertiary/aromatic N) is 6. The first-order valence-electron chi connectivity index (χ1n) is 11.0. The number of fused-ring (bicyclic) bond motifs is 1. The molecule has 0 N–H and O–H groups in total. The van der Waals surface area contributed by atoms with E-state index >= 15 is 0 Å². The fourth-order valence-corrected chi connectivity index (χ4v) is 4.92. The van der Waals surface area contributed by atoms with Crippen molar-refractivity contribution in [3.05, 3.63) is 69.1 Å². The van der Waals surface area contributed by atoms with Crippen molar-refractivity contribution >= 4 is 16.7 Å². The normalized spacial score (nSPS) is 19.6. The Morgan fingerprint density at radius 3 is 2.35 bits per heavy atom. The van der Waals surface area contributed by atoms with Gasteiger partial charge < -0.3 is 9.47 Å². The minimum Gasteiger partial charge on any atom is -0.363 e. The summed E-state index contributed by atoms with van der Waals surface area (Å²) in [6.07, 6.45) is 0. The van der Waals surface area contributed by atoms with Crippen molar-refractivity contribution in [1.29, 1.82) is 10.5 Å². The zero-order chi connectivity index (χ0) is 24.7. The minimum absolute atomic E-state index is 0.0204. The number of hydrogen-bond donors (Lipinski definition) is 0. The molecule has 34 heavy (non-hydrogen) atoms. The molecule has 0 bridgehead atoms. The molecule has 1 unspecified atom stereocenters. The van der Waals surface area contributed by atoms with Gasteiger partial charge in [-0.15, -0.1) is 0 Å². The molecule has 0 saturated carbocycles. The molecule has 9 heteroatoms. The zero-order valence-corrected chi connectivity index (χ0v) is 19.4. The number of pyridine rings is 2. The smallest absolute Gasteiger partial charge is 0.270 e. The van der Waals surface area contributed by atoms with Crippen LogP contribution in [0.5, 0.6) is 0 Å². The molecule has 1 saturated heterocycles. The molecule has 0 spiro atoms. The lowest BCUT2D eigenvalue weighted by molar-refractivity contribution is 0.115. The number of rotatable bonds is 3. The first-order chi connectivity index (χ1) is 16.2. The summed E-state index contributed by atoms with van der Waals surface area (Å²) in [6, 6.07) is 10.2. The van der Waals surface area contributed by atoms with Crippen molar-refractivity contribution in [3.63, 3.8) is 0 Å². The number of halogens is 2. The van der Waals surface area contributed by atoms with Gasteiger partial charge in [0.1, 0.15) is 40.5 Å². The van der Waals surface area contributed by atoms with Gasteiger partial charge in [0.25, 0.3) is 5.56 Å². The Balaban J connectivity index is 1.80. The van der Waals surface area contributed by atoms with Gasteiger partial charge >= 0.3 is 0 Å². The van der Waals surface area contributed by atoms with Crippen LogP contribution in [0.1, 0.15) is 43.6 Å². The molecule has 1 aliphatic rings. The average molecular weight is 463 g/mol. The topological polar surface area (TPSA) is 89.0 Å². The van der Waals surface area contributed by atoms with Crippen LogP contribution in [0.3, 0.4) is 0 Å². The molecule has 1 aliphatic heterocycles. The molecular weight excluding hydrogens is 438 g/mol. The molecule has 3 atom stereocenters. The van der Waals surface area contributed by atoms with Crippen molar-refractivity contribution in [1.82, 2.24) is 14.5 Å². The molecule has 4 rings (SSSR count). The number of aromatic nitrogens is 2. The van der Waals surface area contributed by atoms with Crippen molar-refractivity contribution < 1.29 is 8.78 Å². The first-order valence-corrected chi connectivity index (χ1v) is 11.0. The van der Waals surface area contributed by atoms with E-state index in [1.165, 1.54) is 28.8 Å². The summed E-state index contributed by atoms with van der Waals surface area (Å²) in [5.41, 5.74) is 1.02. The lowest BCUT2D eigenvalue weighted by atomic mass is 9.98. The maximum absolute atomic E-state index is 14.5. The Morgan fingerprint density at radius 1 is 1.06 bits per heavy atom. The van der Waals surface area contributed by atoms with Crippen molar-refractivity contribution in [3.8, 4) is 12.1 Å². The first kappa shape index (κ1) is 23.3. The van der Waals surface area contributed by atoms with E-state index in [4.69, 9.17) is 0 Å². The Kier molecular flexibility index (Phi) is 6.07. The average Bonchev–Trinajstić information content (AvgIpc) is 2.82. The summed E-state index contributed by atoms with van der Waals surface area (Å²) in [4.78, 5) is 21.4. The Labute approximate surface area is 196 Å². The number of nitriles is 2. The number of benzene rings is 1. The minimum atomic E-state index is -0.590. The van der Waals surface area contributed by atoms with E-state index in [0.29, 0.717) is 29.8 Å². The predicted molar refractivity (Wildman–Crippen MR) is 124 cm³/mol. The molecule has 1 aromatic carbocycles. The third kappa shape index (κ3) is 3.68. The molecule has 0 aliphatic carbocycles. The van der Waals surface area contributed by atoms with Crippen LogP contribution in [0, 0.1) is 34.3 Å². The quantitative estimate of drug-likeness (QED) is 0.591. The molecule has 1 fully saturated rings. The molecule has 3 heterocycles. The highest BCUT2D eigenvalue weighted by atomic mass is 19.1. The lowest BCUT2D eigenvalue weighted by Crippen LogP contribution is -2.57. The summed E-state index contributed by atoms with van der Waals surface area (Å²) >= 11 is 0. The fourth-order valence-electron chi connectivity index (χ4n) is 4.92. The maximum Gasteiger partial charge on any atom is 0.270 e. The van der Waals surface area contributed by atoms with Gasteiger partial charge in [0, 0.05) is 43.8 Å². The summed E-state index contributed by atoms with van der Waals surface area (Å²) in [5.74, 6) is -1.18. The Bertz CT molecular complexity index is 1400. The van der Waals surface area contributed by atoms with Crippen LogP contribution in [-0.2, 0) is 7.05 Å². The van der Waals surface area contributed by atoms with Gasteiger partial charge in [-0.05, 0) is 45.0 Å². The van der Waals surface area contributed by atoms with Crippen LogP contribution in [0.25, 0.3) is 11.0 Å². The van der Waals surface area contributed by atoms with E-state index in [0.717, 1.165) is 0 Å². The molecule has 7 nitrogen and oxygen atoms in total. The Morgan fingerprint density at radius 2 is 1.74 bits per heavy atom. The maximum atomic E-state index is 14.5. The fraction of sp³-hybridized carbons (Fsp3) is 0.360. The van der Waals surface area contributed by atoms with E-state index in [1.54, 1.807) is 20.0 Å². The Hall–Kier alpha value is -3.82. The third-order valence-corrected chi connectivity index (χ3v) is 6.68. The monoisotopic (exact) mass is 462 g/mol. The standard InChI is InChI=1S/C25H24F2N6O/c1-14-13-33(15(2)12-32(14)16(3)22-19(26)6-5-7-20(22)27)24-18(11-29)25(34)31(4)21-9-8-17(10-28)30-23(21)24/h5-9,14-16H,12-13H2,1-4H3/t14-,15+,16?/m1/s1. The largest absolute Gasteiger partial charge is 0.363 e. The highest BCUT2D eigenvalue weighted by Gasteiger charge is 2.36. The highest BCUT2D eigenvalue weighted by Crippen LogP contribution is 2.35. The number of aryl methyl sites for hydroxylation is 1. The van der Waals surface area contributed by atoms with Crippen LogP contribution in [-0.4, -0.2) is 39.6 Å². The van der Waals surface area contributed by atoms with Crippen LogP contribution in [0.15, 0.2) is 35.1 Å². The van der Waals surface area contributed by atoms with E-state index in [2.05, 4.69) is 4.98 Å². The lowest BCUT2D eigenvalue weighted by Gasteiger charge is -2.48. The number of piperazine rings is 1. The predicted octanol–water partition coefficient (Wildman–Crippen LogP) is 3.62. The molecule has 3 aromatic rings. The molecule has 0 radical (unpaired) electrons. The molecule has 0 amide bonds. The van der Waals surface area contributed by atoms with Gasteiger partial charge in [0.05, 0.1) is 11.2 Å². The zero-order valence-electron chi connectivity index (χ0n) is 19.4. The van der Waals surface area contributed by atoms with Crippen LogP contribution in [0.2, 0.25) is 0 Å². The number of anilines is 1. The van der Waals surface area contributed by atoms with Crippen LogP contribution < -0.4 is 10.5 Å². The van der Waals surface area contributed by atoms with E-state index < -0.39 is 23.2 Å². The van der Waals surface area contributed by atoms with Gasteiger partial charge in [0.2, 0.25) is 0 Å². The van der Waals surface area contributed by atoms with Crippen LogP contribution in [0.4, 0.5) is 14.5 Å². The molecular formula is C25H24F2N6O. The van der Waals surface area contributed by atoms with Crippen molar-refractivity contribution in [2.45, 2.75) is 38.9 Å². The highest BCUT2D eigenvalue weighted by molar-refractivity contribution is 5.92. The van der Waals surface area contributed by atoms with E-state index in [9.17, 15) is 24.1 Å². The second kappa shape index (κ2) is 8.85. The van der Waals surface area contributed by atoms with Gasteiger partial charge in [-0.25, -0.2) is 13.8 Å². The summed E-state index contributed by atoms with van der Waals surface area (Å²) in [5, 5.41) is 19.2. The second-order valence-electron chi connectivity index (χ2n) is 8.73. The summed E-state index contributed by atoms with van der Waals surface area (Å²) in [6.45, 7) is 6.49. The number of hydrogen-bond acceptors (Lipinski definition) is 6. The van der Waals surface area contributed by atoms with Gasteiger partial charge in [0.15, 0.2) is 0 Å². The van der Waals surface area contributed by atoms with Gasteiger partial charge in [-0.2, -0.15) is 10.5 Å². The molecule has 174 valence electrons. The van der Waals surface area contributed by atoms with Crippen LogP contribution >= 0.6 is 0 Å². The van der Waals surface area contributed by atoms with Crippen molar-refractivity contribution in [2.24, 2.45) is 7.05 Å². The van der Waals surface area contributed by atoms with E-state index in [-0.39, 0.29) is 28.9 Å². The third-order valence-electron chi connectivity index (χ3n) is 6.68. The van der Waals surface area contributed by atoms with Crippen molar-refractivity contribution in [2.75, 3.05) is 18.0 Å². The van der Waals surface area contributed by atoms with Gasteiger partial charge in [-0.1, -0.05) is 6.07 Å². The van der Waals surface area contributed by atoms with E-state index in [1.807, 2.05) is 35.8 Å². The molecule has 2 aromatic heterocycles. The SMILES string of the molecule is CC(c1c(F)cccc1F)N1C[C@H](C)N(c2c(C#N)c(=O)n(C)c3ccc(C#N)nc23)C[C@H]1C. The van der Waals surface area contributed by atoms with Gasteiger partial charge in [-0.3, -0.25) is 9.69 Å². The second-order valence-corrected chi connectivity index (χ2v) is 8.73.